The molecule has 276 valence electrons. The van der Waals surface area contributed by atoms with Crippen molar-refractivity contribution in [2.75, 3.05) is 4.90 Å². The van der Waals surface area contributed by atoms with E-state index in [0.717, 1.165) is 48.4 Å². The first-order chi connectivity index (χ1) is 28.7. The zero-order chi connectivity index (χ0) is 38.5. The van der Waals surface area contributed by atoms with Gasteiger partial charge in [-0.05, 0) is 141 Å². The lowest BCUT2D eigenvalue weighted by Crippen LogP contribution is -2.25. The molecule has 0 saturated carbocycles. The van der Waals surface area contributed by atoms with Crippen molar-refractivity contribution in [3.05, 3.63) is 227 Å². The quantitative estimate of drug-likeness (QED) is 0.158. The molecular formula is C56H42N2. The van der Waals surface area contributed by atoms with Crippen molar-refractivity contribution in [1.82, 2.24) is 4.57 Å². The Morgan fingerprint density at radius 3 is 2.09 bits per heavy atom. The molecule has 4 aliphatic carbocycles. The number of para-hydroxylation sites is 2. The molecule has 0 amide bonds. The predicted octanol–water partition coefficient (Wildman–Crippen LogP) is 14.8. The Balaban J connectivity index is 1.11. The van der Waals surface area contributed by atoms with Gasteiger partial charge < -0.3 is 9.47 Å². The van der Waals surface area contributed by atoms with Gasteiger partial charge in [0.15, 0.2) is 0 Å². The van der Waals surface area contributed by atoms with Crippen LogP contribution in [0.15, 0.2) is 205 Å². The largest absolute Gasteiger partial charge is 0.310 e. The number of benzene rings is 7. The zero-order valence-electron chi connectivity index (χ0n) is 32.7. The van der Waals surface area contributed by atoms with E-state index in [4.69, 9.17) is 6.58 Å². The van der Waals surface area contributed by atoms with E-state index in [2.05, 4.69) is 192 Å². The maximum absolute atomic E-state index is 4.91. The lowest BCUT2D eigenvalue weighted by Gasteiger charge is -2.31. The smallest absolute Gasteiger partial charge is 0.0731 e. The van der Waals surface area contributed by atoms with Crippen LogP contribution in [0, 0.1) is 0 Å². The number of allylic oxidation sites excluding steroid dienone is 7. The SMILES string of the molecule is C=C1C2=C(CCC)C3=CCCC4=C3C2(c2cc(N(c3ccc(-c5ccccc5)cc3)c3ccc5c6ccccc6n(-c6ccccc6)c5c3)ccc21)c1ccccc14. The van der Waals surface area contributed by atoms with Crippen LogP contribution in [-0.4, -0.2) is 4.57 Å². The maximum atomic E-state index is 4.91. The number of aromatic nitrogens is 1. The lowest BCUT2D eigenvalue weighted by atomic mass is 9.71. The van der Waals surface area contributed by atoms with Crippen molar-refractivity contribution in [1.29, 1.82) is 0 Å². The highest BCUT2D eigenvalue weighted by Crippen LogP contribution is 2.71. The Bertz CT molecular complexity index is 3120. The normalized spacial score (nSPS) is 17.5. The standard InChI is InChI=1S/C56H42N2/c1-3-15-47-49-23-14-22-48-44-20-10-12-24-50(44)56(55(48)49)51-34-41(30-32-43(51)36(2)54(47)56)57(40-28-26-38(27-29-40)37-16-6-4-7-17-37)42-31-33-46-45-21-11-13-25-52(45)58(53(46)35-42)39-18-8-5-9-19-39/h4-13,16-21,23-35H,2-3,14-15,22H2,1H3. The minimum Gasteiger partial charge on any atom is -0.310 e. The molecule has 4 aliphatic rings. The number of fused-ring (bicyclic) bond motifs is 6. The van der Waals surface area contributed by atoms with Crippen LogP contribution in [0.5, 0.6) is 0 Å². The average Bonchev–Trinajstić information content (AvgIpc) is 3.96. The first-order valence-electron chi connectivity index (χ1n) is 20.8. The first-order valence-corrected chi connectivity index (χ1v) is 20.8. The molecule has 0 fully saturated rings. The van der Waals surface area contributed by atoms with E-state index in [9.17, 15) is 0 Å². The summed E-state index contributed by atoms with van der Waals surface area (Å²) >= 11 is 0. The molecule has 2 heteroatoms. The minimum absolute atomic E-state index is 0.336. The molecule has 1 atom stereocenters. The molecule has 1 unspecified atom stereocenters. The van der Waals surface area contributed by atoms with Crippen LogP contribution in [-0.2, 0) is 5.41 Å². The van der Waals surface area contributed by atoms with Crippen molar-refractivity contribution in [2.24, 2.45) is 0 Å². The summed E-state index contributed by atoms with van der Waals surface area (Å²) in [5.74, 6) is 0. The molecule has 7 aromatic carbocycles. The van der Waals surface area contributed by atoms with E-state index < -0.39 is 0 Å². The number of hydrogen-bond donors (Lipinski definition) is 0. The third-order valence-corrected chi connectivity index (χ3v) is 13.3. The summed E-state index contributed by atoms with van der Waals surface area (Å²) < 4.78 is 2.42. The van der Waals surface area contributed by atoms with Crippen LogP contribution in [0.4, 0.5) is 17.1 Å². The minimum atomic E-state index is -0.336. The Kier molecular flexibility index (Phi) is 7.20. The van der Waals surface area contributed by atoms with E-state index in [1.54, 1.807) is 0 Å². The molecule has 2 nitrogen and oxygen atoms in total. The molecule has 0 radical (unpaired) electrons. The summed E-state index contributed by atoms with van der Waals surface area (Å²) in [5, 5.41) is 2.50. The second-order valence-corrected chi connectivity index (χ2v) is 16.3. The van der Waals surface area contributed by atoms with Crippen molar-refractivity contribution >= 4 is 50.0 Å². The third-order valence-electron chi connectivity index (χ3n) is 13.3. The Morgan fingerprint density at radius 1 is 0.586 bits per heavy atom. The highest BCUT2D eigenvalue weighted by atomic mass is 15.1. The number of nitrogens with zero attached hydrogens (tertiary/aromatic N) is 2. The Hall–Kier alpha value is -6.90. The number of anilines is 3. The first kappa shape index (κ1) is 33.3. The molecule has 1 spiro atoms. The molecule has 0 aliphatic heterocycles. The molecule has 0 bridgehead atoms. The van der Waals surface area contributed by atoms with Crippen LogP contribution in [0.25, 0.3) is 49.8 Å². The van der Waals surface area contributed by atoms with Gasteiger partial charge in [-0.1, -0.05) is 141 Å². The fourth-order valence-corrected chi connectivity index (χ4v) is 11.1. The van der Waals surface area contributed by atoms with Crippen LogP contribution < -0.4 is 4.90 Å². The van der Waals surface area contributed by atoms with Gasteiger partial charge in [0, 0.05) is 33.5 Å². The summed E-state index contributed by atoms with van der Waals surface area (Å²) in [5.41, 5.74) is 23.2. The van der Waals surface area contributed by atoms with Gasteiger partial charge in [-0.3, -0.25) is 0 Å². The molecule has 0 saturated heterocycles. The summed E-state index contributed by atoms with van der Waals surface area (Å²) in [6, 6.07) is 62.8. The Labute approximate surface area is 340 Å². The Morgan fingerprint density at radius 2 is 1.26 bits per heavy atom. The van der Waals surface area contributed by atoms with Crippen LogP contribution in [0.1, 0.15) is 54.9 Å². The van der Waals surface area contributed by atoms with Gasteiger partial charge in [-0.25, -0.2) is 0 Å². The van der Waals surface area contributed by atoms with Crippen molar-refractivity contribution in [3.8, 4) is 16.8 Å². The molecule has 12 rings (SSSR count). The fraction of sp³-hybridized carbons (Fsp3) is 0.107. The van der Waals surface area contributed by atoms with E-state index in [1.165, 1.54) is 88.6 Å². The van der Waals surface area contributed by atoms with E-state index in [1.807, 2.05) is 0 Å². The highest BCUT2D eigenvalue weighted by Gasteiger charge is 2.60. The monoisotopic (exact) mass is 742 g/mol. The third kappa shape index (κ3) is 4.43. The number of rotatable bonds is 7. The summed E-state index contributed by atoms with van der Waals surface area (Å²) in [6.07, 6.45) is 6.90. The molecule has 58 heavy (non-hydrogen) atoms. The molecule has 1 aromatic heterocycles. The highest BCUT2D eigenvalue weighted by molar-refractivity contribution is 6.11. The maximum Gasteiger partial charge on any atom is 0.0731 e. The molecule has 0 N–H and O–H groups in total. The summed E-state index contributed by atoms with van der Waals surface area (Å²) in [4.78, 5) is 2.47. The predicted molar refractivity (Wildman–Crippen MR) is 243 cm³/mol. The lowest BCUT2D eigenvalue weighted by molar-refractivity contribution is 0.795. The van der Waals surface area contributed by atoms with Crippen molar-refractivity contribution in [2.45, 2.75) is 38.0 Å². The summed E-state index contributed by atoms with van der Waals surface area (Å²) in [7, 11) is 0. The van der Waals surface area contributed by atoms with Crippen LogP contribution in [0.3, 0.4) is 0 Å². The van der Waals surface area contributed by atoms with Gasteiger partial charge in [0.2, 0.25) is 0 Å². The van der Waals surface area contributed by atoms with Crippen molar-refractivity contribution in [3.63, 3.8) is 0 Å². The summed E-state index contributed by atoms with van der Waals surface area (Å²) in [6.45, 7) is 7.23. The van der Waals surface area contributed by atoms with Gasteiger partial charge in [0.25, 0.3) is 0 Å². The van der Waals surface area contributed by atoms with E-state index in [-0.39, 0.29) is 5.41 Å². The van der Waals surface area contributed by atoms with Gasteiger partial charge in [-0.15, -0.1) is 0 Å². The second kappa shape index (κ2) is 12.6. The van der Waals surface area contributed by atoms with Crippen molar-refractivity contribution < 1.29 is 0 Å². The van der Waals surface area contributed by atoms with Gasteiger partial charge in [-0.2, -0.15) is 0 Å². The van der Waals surface area contributed by atoms with Gasteiger partial charge in [0.1, 0.15) is 0 Å². The van der Waals surface area contributed by atoms with Crippen LogP contribution in [0.2, 0.25) is 0 Å². The fourth-order valence-electron chi connectivity index (χ4n) is 11.1. The van der Waals surface area contributed by atoms with Gasteiger partial charge >= 0.3 is 0 Å². The topological polar surface area (TPSA) is 8.17 Å². The molecule has 8 aromatic rings. The van der Waals surface area contributed by atoms with Gasteiger partial charge in [0.05, 0.1) is 16.4 Å². The van der Waals surface area contributed by atoms with E-state index >= 15 is 0 Å². The average molecular weight is 743 g/mol. The molecule has 1 heterocycles. The molecular weight excluding hydrogens is 701 g/mol. The number of hydrogen-bond acceptors (Lipinski definition) is 1. The van der Waals surface area contributed by atoms with E-state index in [0.29, 0.717) is 0 Å². The van der Waals surface area contributed by atoms with Crippen LogP contribution >= 0.6 is 0 Å². The zero-order valence-corrected chi connectivity index (χ0v) is 32.7. The second-order valence-electron chi connectivity index (χ2n) is 16.3.